The Kier molecular flexibility index (Phi) is 4.81. The number of rotatable bonds is 4. The summed E-state index contributed by atoms with van der Waals surface area (Å²) in [6, 6.07) is 12.3. The summed E-state index contributed by atoms with van der Waals surface area (Å²) in [4.78, 5) is 0. The predicted molar refractivity (Wildman–Crippen MR) is 98.1 cm³/mol. The maximum Gasteiger partial charge on any atom is 0.240 e. The molecule has 0 N–H and O–H groups in total. The highest BCUT2D eigenvalue weighted by molar-refractivity contribution is 6.32. The Bertz CT molecular complexity index is 896. The Hall–Kier alpha value is -2.39. The maximum atomic E-state index is 6.22. The first kappa shape index (κ1) is 16.5. The highest BCUT2D eigenvalue weighted by Crippen LogP contribution is 2.20. The number of benzene rings is 2. The van der Waals surface area contributed by atoms with Gasteiger partial charge in [0, 0.05) is 11.1 Å². The van der Waals surface area contributed by atoms with E-state index in [1.165, 1.54) is 16.7 Å². The van der Waals surface area contributed by atoms with Gasteiger partial charge in [0.15, 0.2) is 0 Å². The van der Waals surface area contributed by atoms with Gasteiger partial charge in [0.05, 0.1) is 6.42 Å². The molecule has 0 amide bonds. The second kappa shape index (κ2) is 7.02. The number of aryl methyl sites for hydroxylation is 3. The van der Waals surface area contributed by atoms with E-state index in [1.54, 1.807) is 6.08 Å². The smallest absolute Gasteiger partial charge is 0.240 e. The monoisotopic (exact) mass is 338 g/mol. The molecular weight excluding hydrogens is 320 g/mol. The molecule has 0 saturated carbocycles. The topological polar surface area (TPSA) is 38.9 Å². The van der Waals surface area contributed by atoms with Crippen LogP contribution in [-0.2, 0) is 6.42 Å². The lowest BCUT2D eigenvalue weighted by molar-refractivity contribution is 0.496. The molecule has 1 heterocycles. The lowest BCUT2D eigenvalue weighted by Crippen LogP contribution is -1.90. The number of hydrogen-bond acceptors (Lipinski definition) is 3. The van der Waals surface area contributed by atoms with E-state index in [1.807, 2.05) is 31.2 Å². The first-order valence-electron chi connectivity index (χ1n) is 7.84. The Morgan fingerprint density at radius 1 is 0.958 bits per heavy atom. The normalized spacial score (nSPS) is 11.3. The molecule has 0 aliphatic heterocycles. The van der Waals surface area contributed by atoms with Gasteiger partial charge in [0.1, 0.15) is 0 Å². The molecule has 0 aliphatic rings. The summed E-state index contributed by atoms with van der Waals surface area (Å²) in [7, 11) is 0. The largest absolute Gasteiger partial charge is 0.421 e. The van der Waals surface area contributed by atoms with Crippen LogP contribution in [0.15, 0.2) is 40.8 Å². The fourth-order valence-electron chi connectivity index (χ4n) is 2.42. The molecule has 2 aromatic carbocycles. The number of hydrogen-bond donors (Lipinski definition) is 0. The van der Waals surface area contributed by atoms with Gasteiger partial charge in [-0.05, 0) is 60.7 Å². The molecule has 0 fully saturated rings. The van der Waals surface area contributed by atoms with E-state index in [2.05, 4.69) is 42.2 Å². The molecule has 0 aliphatic carbocycles. The van der Waals surface area contributed by atoms with Crippen molar-refractivity contribution >= 4 is 23.8 Å². The van der Waals surface area contributed by atoms with E-state index in [0.29, 0.717) is 23.2 Å². The molecule has 24 heavy (non-hydrogen) atoms. The second-order valence-corrected chi connectivity index (χ2v) is 6.39. The molecule has 0 unspecified atom stereocenters. The Morgan fingerprint density at radius 2 is 1.79 bits per heavy atom. The zero-order chi connectivity index (χ0) is 17.1. The van der Waals surface area contributed by atoms with Crippen LogP contribution in [0.1, 0.15) is 39.6 Å². The third-order valence-corrected chi connectivity index (χ3v) is 4.30. The van der Waals surface area contributed by atoms with Crippen LogP contribution in [0.25, 0.3) is 12.2 Å². The highest BCUT2D eigenvalue weighted by atomic mass is 35.5. The average Bonchev–Trinajstić information content (AvgIpc) is 2.98. The van der Waals surface area contributed by atoms with Crippen molar-refractivity contribution in [3.63, 3.8) is 0 Å². The summed E-state index contributed by atoms with van der Waals surface area (Å²) in [6.45, 7) is 6.22. The zero-order valence-electron chi connectivity index (χ0n) is 14.0. The van der Waals surface area contributed by atoms with Crippen LogP contribution in [0.4, 0.5) is 0 Å². The molecule has 0 atom stereocenters. The molecule has 0 spiro atoms. The Balaban J connectivity index is 1.73. The van der Waals surface area contributed by atoms with Crippen molar-refractivity contribution in [3.8, 4) is 0 Å². The minimum atomic E-state index is 0.477. The molecule has 3 nitrogen and oxygen atoms in total. The summed E-state index contributed by atoms with van der Waals surface area (Å²) >= 11 is 6.22. The second-order valence-electron chi connectivity index (χ2n) is 5.99. The fraction of sp³-hybridized carbons (Fsp3) is 0.200. The van der Waals surface area contributed by atoms with Gasteiger partial charge in [-0.2, -0.15) is 0 Å². The van der Waals surface area contributed by atoms with E-state index >= 15 is 0 Å². The minimum Gasteiger partial charge on any atom is -0.421 e. The summed E-state index contributed by atoms with van der Waals surface area (Å²) < 4.78 is 5.69. The van der Waals surface area contributed by atoms with Gasteiger partial charge < -0.3 is 4.42 Å². The number of nitrogens with zero attached hydrogens (tertiary/aromatic N) is 2. The van der Waals surface area contributed by atoms with Crippen molar-refractivity contribution in [2.45, 2.75) is 27.2 Å². The standard InChI is InChI=1S/C20H19ClN2O/c1-13-4-7-17(18(21)10-13)8-9-19-22-23-20(24-19)12-16-6-5-14(2)15(3)11-16/h4-11H,12H2,1-3H3/b9-8+. The van der Waals surface area contributed by atoms with Gasteiger partial charge in [-0.3, -0.25) is 0 Å². The molecule has 0 radical (unpaired) electrons. The molecule has 4 heteroatoms. The van der Waals surface area contributed by atoms with E-state index in [4.69, 9.17) is 16.0 Å². The van der Waals surface area contributed by atoms with E-state index < -0.39 is 0 Å². The van der Waals surface area contributed by atoms with Gasteiger partial charge in [-0.1, -0.05) is 41.9 Å². The Morgan fingerprint density at radius 3 is 2.54 bits per heavy atom. The van der Waals surface area contributed by atoms with Crippen molar-refractivity contribution in [2.75, 3.05) is 0 Å². The molecular formula is C20H19ClN2O. The van der Waals surface area contributed by atoms with Crippen molar-refractivity contribution in [2.24, 2.45) is 0 Å². The first-order valence-corrected chi connectivity index (χ1v) is 8.22. The molecule has 3 rings (SSSR count). The predicted octanol–water partition coefficient (Wildman–Crippen LogP) is 5.41. The van der Waals surface area contributed by atoms with Crippen LogP contribution in [0.5, 0.6) is 0 Å². The van der Waals surface area contributed by atoms with Crippen LogP contribution < -0.4 is 0 Å². The zero-order valence-corrected chi connectivity index (χ0v) is 14.8. The summed E-state index contributed by atoms with van der Waals surface area (Å²) in [5.41, 5.74) is 5.77. The fourth-order valence-corrected chi connectivity index (χ4v) is 2.72. The van der Waals surface area contributed by atoms with Crippen LogP contribution in [0, 0.1) is 20.8 Å². The van der Waals surface area contributed by atoms with Crippen molar-refractivity contribution in [3.05, 3.63) is 81.0 Å². The molecule has 3 aromatic rings. The van der Waals surface area contributed by atoms with Crippen molar-refractivity contribution < 1.29 is 4.42 Å². The highest BCUT2D eigenvalue weighted by Gasteiger charge is 2.06. The van der Waals surface area contributed by atoms with Crippen molar-refractivity contribution in [1.29, 1.82) is 0 Å². The average molecular weight is 339 g/mol. The third-order valence-electron chi connectivity index (χ3n) is 3.97. The first-order chi connectivity index (χ1) is 11.5. The summed E-state index contributed by atoms with van der Waals surface area (Å²) in [6.07, 6.45) is 4.30. The maximum absolute atomic E-state index is 6.22. The van der Waals surface area contributed by atoms with E-state index in [0.717, 1.165) is 11.1 Å². The van der Waals surface area contributed by atoms with Crippen LogP contribution in [0.2, 0.25) is 5.02 Å². The SMILES string of the molecule is Cc1ccc(/C=C/c2nnc(Cc3ccc(C)c(C)c3)o2)c(Cl)c1. The quantitative estimate of drug-likeness (QED) is 0.638. The number of aromatic nitrogens is 2. The minimum absolute atomic E-state index is 0.477. The van der Waals surface area contributed by atoms with Gasteiger partial charge in [-0.25, -0.2) is 0 Å². The van der Waals surface area contributed by atoms with Gasteiger partial charge in [0.25, 0.3) is 0 Å². The van der Waals surface area contributed by atoms with Crippen LogP contribution in [0.3, 0.4) is 0 Å². The Labute approximate surface area is 147 Å². The summed E-state index contributed by atoms with van der Waals surface area (Å²) in [5, 5.41) is 8.89. The van der Waals surface area contributed by atoms with Gasteiger partial charge >= 0.3 is 0 Å². The lowest BCUT2D eigenvalue weighted by atomic mass is 10.0. The van der Waals surface area contributed by atoms with Gasteiger partial charge in [-0.15, -0.1) is 10.2 Å². The lowest BCUT2D eigenvalue weighted by Gasteiger charge is -2.02. The molecule has 1 aromatic heterocycles. The van der Waals surface area contributed by atoms with Crippen LogP contribution in [-0.4, -0.2) is 10.2 Å². The summed E-state index contributed by atoms with van der Waals surface area (Å²) in [5.74, 6) is 1.08. The number of halogens is 1. The van der Waals surface area contributed by atoms with Crippen LogP contribution >= 0.6 is 11.6 Å². The van der Waals surface area contributed by atoms with Gasteiger partial charge in [0.2, 0.25) is 11.8 Å². The van der Waals surface area contributed by atoms with Crippen molar-refractivity contribution in [1.82, 2.24) is 10.2 Å². The van der Waals surface area contributed by atoms with E-state index in [-0.39, 0.29) is 0 Å². The molecule has 122 valence electrons. The molecule has 0 saturated heterocycles. The molecule has 0 bridgehead atoms. The van der Waals surface area contributed by atoms with E-state index in [9.17, 15) is 0 Å². The third kappa shape index (κ3) is 3.92.